The Morgan fingerprint density at radius 1 is 1.09 bits per heavy atom. The van der Waals surface area contributed by atoms with Crippen LogP contribution >= 0.6 is 0 Å². The molecule has 1 fully saturated rings. The molecule has 2 N–H and O–H groups in total. The Hall–Kier alpha value is -3.43. The summed E-state index contributed by atoms with van der Waals surface area (Å²) < 4.78 is 39.6. The Bertz CT molecular complexity index is 1120. The molecule has 34 heavy (non-hydrogen) atoms. The molecule has 0 radical (unpaired) electrons. The highest BCUT2D eigenvalue weighted by Gasteiger charge is 2.36. The molecule has 1 aliphatic heterocycles. The third-order valence-corrected chi connectivity index (χ3v) is 6.25. The number of aromatic nitrogens is 3. The van der Waals surface area contributed by atoms with Crippen LogP contribution in [0.2, 0.25) is 0 Å². The summed E-state index contributed by atoms with van der Waals surface area (Å²) in [4.78, 5) is 37.3. The van der Waals surface area contributed by atoms with Gasteiger partial charge in [0.1, 0.15) is 5.69 Å². The van der Waals surface area contributed by atoms with Crippen LogP contribution in [0.25, 0.3) is 10.9 Å². The van der Waals surface area contributed by atoms with Crippen molar-refractivity contribution in [2.75, 3.05) is 19.6 Å². The van der Waals surface area contributed by atoms with Gasteiger partial charge in [0.2, 0.25) is 0 Å². The number of halogens is 3. The number of pyridine rings is 2. The number of likely N-dealkylation sites (tertiary alicyclic amines) is 1. The van der Waals surface area contributed by atoms with Crippen molar-refractivity contribution in [1.29, 1.82) is 0 Å². The van der Waals surface area contributed by atoms with Crippen molar-refractivity contribution in [3.05, 3.63) is 59.8 Å². The number of carbonyl (C=O) groups is 2. The first-order chi connectivity index (χ1) is 16.3. The van der Waals surface area contributed by atoms with E-state index < -0.39 is 23.2 Å². The second kappa shape index (κ2) is 10.2. The van der Waals surface area contributed by atoms with Gasteiger partial charge in [-0.15, -0.1) is 0 Å². The van der Waals surface area contributed by atoms with Crippen LogP contribution in [0.5, 0.6) is 0 Å². The Labute approximate surface area is 194 Å². The zero-order chi connectivity index (χ0) is 24.1. The molecule has 1 saturated heterocycles. The molecule has 0 bridgehead atoms. The topological polar surface area (TPSA) is 91.0 Å². The van der Waals surface area contributed by atoms with Gasteiger partial charge in [0.25, 0.3) is 11.8 Å². The molecular weight excluding hydrogens is 447 g/mol. The SMILES string of the molecule is O=C(NCCCCC1CCN(C(=O)c2cnccc2C(F)(F)F)CC1)c1cc2cnccc2[nH]1. The minimum Gasteiger partial charge on any atom is -0.351 e. The van der Waals surface area contributed by atoms with Crippen molar-refractivity contribution >= 4 is 22.7 Å². The Morgan fingerprint density at radius 2 is 1.82 bits per heavy atom. The van der Waals surface area contributed by atoms with Crippen LogP contribution in [0.15, 0.2) is 43.0 Å². The van der Waals surface area contributed by atoms with Crippen molar-refractivity contribution < 1.29 is 22.8 Å². The van der Waals surface area contributed by atoms with Crippen molar-refractivity contribution in [2.24, 2.45) is 5.92 Å². The number of rotatable bonds is 7. The molecule has 0 aliphatic carbocycles. The molecule has 1 aliphatic rings. The number of aromatic amines is 1. The summed E-state index contributed by atoms with van der Waals surface area (Å²) in [6.45, 7) is 1.42. The van der Waals surface area contributed by atoms with Crippen molar-refractivity contribution in [1.82, 2.24) is 25.2 Å². The van der Waals surface area contributed by atoms with Crippen LogP contribution in [0, 0.1) is 5.92 Å². The summed E-state index contributed by atoms with van der Waals surface area (Å²) in [5.74, 6) is -0.358. The Kier molecular flexibility index (Phi) is 7.14. The molecule has 3 aromatic rings. The maximum atomic E-state index is 13.2. The van der Waals surface area contributed by atoms with Gasteiger partial charge < -0.3 is 15.2 Å². The largest absolute Gasteiger partial charge is 0.417 e. The number of fused-ring (bicyclic) bond motifs is 1. The fourth-order valence-corrected chi connectivity index (χ4v) is 4.36. The molecule has 2 amide bonds. The molecule has 4 heterocycles. The molecule has 0 saturated carbocycles. The van der Waals surface area contributed by atoms with Gasteiger partial charge in [-0.1, -0.05) is 12.8 Å². The number of hydrogen-bond acceptors (Lipinski definition) is 4. The van der Waals surface area contributed by atoms with E-state index in [9.17, 15) is 22.8 Å². The average Bonchev–Trinajstić information content (AvgIpc) is 3.28. The maximum Gasteiger partial charge on any atom is 0.417 e. The number of nitrogens with zero attached hydrogens (tertiary/aromatic N) is 3. The molecular formula is C24H26F3N5O2. The highest BCUT2D eigenvalue weighted by atomic mass is 19.4. The van der Waals surface area contributed by atoms with Gasteiger partial charge in [-0.25, -0.2) is 0 Å². The third kappa shape index (κ3) is 5.55. The van der Waals surface area contributed by atoms with Crippen LogP contribution in [0.3, 0.4) is 0 Å². The van der Waals surface area contributed by atoms with Crippen LogP contribution < -0.4 is 5.32 Å². The standard InChI is InChI=1S/C24H26F3N5O2/c25-24(26,27)19-4-9-29-15-18(19)23(34)32-11-6-16(7-12-32)3-1-2-8-30-22(33)21-13-17-14-28-10-5-20(17)31-21/h4-5,9-10,13-16,31H,1-3,6-8,11-12H2,(H,30,33). The quantitative estimate of drug-likeness (QED) is 0.497. The first kappa shape index (κ1) is 23.7. The zero-order valence-corrected chi connectivity index (χ0v) is 18.6. The number of unbranched alkanes of at least 4 members (excludes halogenated alkanes) is 1. The summed E-state index contributed by atoms with van der Waals surface area (Å²) in [6, 6.07) is 4.43. The number of H-pyrrole nitrogens is 1. The first-order valence-corrected chi connectivity index (χ1v) is 11.3. The van der Waals surface area contributed by atoms with Crippen LogP contribution in [0.4, 0.5) is 13.2 Å². The summed E-state index contributed by atoms with van der Waals surface area (Å²) in [5.41, 5.74) is 0.0293. The van der Waals surface area contributed by atoms with Gasteiger partial charge in [0.05, 0.1) is 11.1 Å². The maximum absolute atomic E-state index is 13.2. The lowest BCUT2D eigenvalue weighted by atomic mass is 9.91. The lowest BCUT2D eigenvalue weighted by Crippen LogP contribution is -2.39. The lowest BCUT2D eigenvalue weighted by Gasteiger charge is -2.32. The molecule has 3 aromatic heterocycles. The van der Waals surface area contributed by atoms with E-state index in [0.717, 1.165) is 61.5 Å². The van der Waals surface area contributed by atoms with E-state index in [4.69, 9.17) is 0 Å². The van der Waals surface area contributed by atoms with Gasteiger partial charge >= 0.3 is 6.18 Å². The highest BCUT2D eigenvalue weighted by Crippen LogP contribution is 2.32. The number of carbonyl (C=O) groups excluding carboxylic acids is 2. The van der Waals surface area contributed by atoms with Crippen LogP contribution in [-0.2, 0) is 6.18 Å². The summed E-state index contributed by atoms with van der Waals surface area (Å²) in [7, 11) is 0. The van der Waals surface area contributed by atoms with Crippen molar-refractivity contribution in [2.45, 2.75) is 38.3 Å². The third-order valence-electron chi connectivity index (χ3n) is 6.25. The van der Waals surface area contributed by atoms with E-state index in [1.807, 2.05) is 6.07 Å². The molecule has 0 unspecified atom stereocenters. The van der Waals surface area contributed by atoms with Gasteiger partial charge in [-0.3, -0.25) is 19.6 Å². The van der Waals surface area contributed by atoms with Crippen LogP contribution in [0.1, 0.15) is 58.5 Å². The minimum absolute atomic E-state index is 0.156. The van der Waals surface area contributed by atoms with Crippen molar-refractivity contribution in [3.63, 3.8) is 0 Å². The average molecular weight is 473 g/mol. The van der Waals surface area contributed by atoms with E-state index in [-0.39, 0.29) is 5.91 Å². The zero-order valence-electron chi connectivity index (χ0n) is 18.6. The molecule has 0 atom stereocenters. The van der Waals surface area contributed by atoms with Crippen molar-refractivity contribution in [3.8, 4) is 0 Å². The minimum atomic E-state index is -4.59. The fraction of sp³-hybridized carbons (Fsp3) is 0.417. The second-order valence-corrected chi connectivity index (χ2v) is 8.55. The van der Waals surface area contributed by atoms with E-state index in [2.05, 4.69) is 20.3 Å². The van der Waals surface area contributed by atoms with Crippen LogP contribution in [-0.4, -0.2) is 51.3 Å². The van der Waals surface area contributed by atoms with E-state index in [0.29, 0.717) is 31.2 Å². The van der Waals surface area contributed by atoms with E-state index in [1.165, 1.54) is 4.90 Å². The Balaban J connectivity index is 1.17. The van der Waals surface area contributed by atoms with E-state index in [1.54, 1.807) is 18.5 Å². The second-order valence-electron chi connectivity index (χ2n) is 8.55. The number of piperidine rings is 1. The van der Waals surface area contributed by atoms with Gasteiger partial charge in [-0.2, -0.15) is 13.2 Å². The van der Waals surface area contributed by atoms with Gasteiger partial charge in [0.15, 0.2) is 0 Å². The first-order valence-electron chi connectivity index (χ1n) is 11.3. The highest BCUT2D eigenvalue weighted by molar-refractivity contribution is 5.97. The smallest absolute Gasteiger partial charge is 0.351 e. The lowest BCUT2D eigenvalue weighted by molar-refractivity contribution is -0.138. The number of nitrogens with one attached hydrogen (secondary N) is 2. The summed E-state index contributed by atoms with van der Waals surface area (Å²) in [5, 5.41) is 3.80. The summed E-state index contributed by atoms with van der Waals surface area (Å²) in [6.07, 6.45) is 5.04. The normalized spacial score (nSPS) is 15.0. The predicted molar refractivity (Wildman–Crippen MR) is 120 cm³/mol. The number of hydrogen-bond donors (Lipinski definition) is 2. The molecule has 10 heteroatoms. The number of alkyl halides is 3. The Morgan fingerprint density at radius 3 is 2.56 bits per heavy atom. The number of amides is 2. The van der Waals surface area contributed by atoms with E-state index >= 15 is 0 Å². The molecule has 0 aromatic carbocycles. The molecule has 180 valence electrons. The van der Waals surface area contributed by atoms with Gasteiger partial charge in [0, 0.05) is 55.3 Å². The summed E-state index contributed by atoms with van der Waals surface area (Å²) >= 11 is 0. The predicted octanol–water partition coefficient (Wildman–Crippen LogP) is 4.43. The fourth-order valence-electron chi connectivity index (χ4n) is 4.36. The molecule has 0 spiro atoms. The van der Waals surface area contributed by atoms with Gasteiger partial charge in [-0.05, 0) is 43.4 Å². The molecule has 7 nitrogen and oxygen atoms in total. The monoisotopic (exact) mass is 473 g/mol. The molecule has 4 rings (SSSR count).